The van der Waals surface area contributed by atoms with Crippen molar-refractivity contribution in [3.8, 4) is 0 Å². The summed E-state index contributed by atoms with van der Waals surface area (Å²) >= 11 is 3.27. The van der Waals surface area contributed by atoms with E-state index in [1.165, 1.54) is 11.4 Å². The van der Waals surface area contributed by atoms with Crippen molar-refractivity contribution in [2.24, 2.45) is 0 Å². The van der Waals surface area contributed by atoms with Crippen LogP contribution in [0.1, 0.15) is 6.92 Å². The largest absolute Gasteiger partial charge is 0.375 e. The van der Waals surface area contributed by atoms with Crippen LogP contribution in [0.4, 0.5) is 0 Å². The number of methoxy groups -OCH3 is 1. The third-order valence-corrected chi connectivity index (χ3v) is 6.40. The Balaban J connectivity index is 1.96. The first-order valence-corrected chi connectivity index (χ1v) is 10.3. The fourth-order valence-corrected chi connectivity index (χ4v) is 4.69. The topological polar surface area (TPSA) is 96.0 Å². The highest BCUT2D eigenvalue weighted by Gasteiger charge is 2.31. The van der Waals surface area contributed by atoms with Crippen LogP contribution in [0.3, 0.4) is 0 Å². The molecule has 1 fully saturated rings. The number of ether oxygens (including phenoxy) is 1. The molecule has 2 rings (SSSR count). The quantitative estimate of drug-likeness (QED) is 0.681. The molecule has 1 aliphatic heterocycles. The zero-order chi connectivity index (χ0) is 19.3. The van der Waals surface area contributed by atoms with Gasteiger partial charge in [-0.05, 0) is 25.1 Å². The number of benzene rings is 1. The molecule has 26 heavy (non-hydrogen) atoms. The Hall–Kier alpha value is -1.49. The lowest BCUT2D eigenvalue weighted by molar-refractivity contribution is -0.137. The van der Waals surface area contributed by atoms with Gasteiger partial charge in [0.15, 0.2) is 0 Å². The molecule has 0 aliphatic carbocycles. The Labute approximate surface area is 161 Å². The van der Waals surface area contributed by atoms with Gasteiger partial charge in [0.25, 0.3) is 0 Å². The summed E-state index contributed by atoms with van der Waals surface area (Å²) in [5, 5.41) is 2.56. The molecule has 1 aromatic carbocycles. The smallest absolute Gasteiger partial charge is 0.246 e. The average Bonchev–Trinajstić information content (AvgIpc) is 2.61. The second-order valence-electron chi connectivity index (χ2n) is 5.91. The Bertz CT molecular complexity index is 763. The molecule has 1 saturated heterocycles. The van der Waals surface area contributed by atoms with Crippen molar-refractivity contribution in [1.29, 1.82) is 0 Å². The number of piperazine rings is 1. The van der Waals surface area contributed by atoms with Crippen LogP contribution in [0.15, 0.2) is 33.6 Å². The molecule has 1 heterocycles. The van der Waals surface area contributed by atoms with E-state index in [2.05, 4.69) is 21.2 Å². The molecule has 0 radical (unpaired) electrons. The number of rotatable bonds is 6. The van der Waals surface area contributed by atoms with Crippen LogP contribution in [0, 0.1) is 0 Å². The van der Waals surface area contributed by atoms with Crippen molar-refractivity contribution < 1.29 is 22.7 Å². The molecule has 2 amide bonds. The van der Waals surface area contributed by atoms with Gasteiger partial charge in [-0.15, -0.1) is 0 Å². The normalized spacial score (nSPS) is 17.0. The van der Waals surface area contributed by atoms with Gasteiger partial charge in [-0.25, -0.2) is 8.42 Å². The lowest BCUT2D eigenvalue weighted by Gasteiger charge is -2.35. The molecule has 1 aromatic rings. The van der Waals surface area contributed by atoms with E-state index in [1.54, 1.807) is 36.1 Å². The van der Waals surface area contributed by atoms with Crippen molar-refractivity contribution in [3.05, 3.63) is 28.7 Å². The Morgan fingerprint density at radius 2 is 1.92 bits per heavy atom. The summed E-state index contributed by atoms with van der Waals surface area (Å²) in [4.78, 5) is 25.7. The number of halogens is 1. The Morgan fingerprint density at radius 1 is 1.27 bits per heavy atom. The lowest BCUT2D eigenvalue weighted by Crippen LogP contribution is -2.55. The summed E-state index contributed by atoms with van der Waals surface area (Å²) in [5.41, 5.74) is 0. The summed E-state index contributed by atoms with van der Waals surface area (Å²) < 4.78 is 32.2. The summed E-state index contributed by atoms with van der Waals surface area (Å²) in [7, 11) is -2.20. The second-order valence-corrected chi connectivity index (χ2v) is 8.76. The van der Waals surface area contributed by atoms with Gasteiger partial charge in [-0.3, -0.25) is 9.59 Å². The van der Waals surface area contributed by atoms with Crippen molar-refractivity contribution in [2.75, 3.05) is 39.9 Å². The number of sulfonamides is 1. The highest BCUT2D eigenvalue weighted by molar-refractivity contribution is 9.10. The van der Waals surface area contributed by atoms with Gasteiger partial charge in [0.2, 0.25) is 21.8 Å². The molecule has 8 nitrogen and oxygen atoms in total. The SMILES string of the molecule is COCC(=O)NC(C)C(=O)N1CCN(S(=O)(=O)c2cccc(Br)c2)CC1. The van der Waals surface area contributed by atoms with Gasteiger partial charge in [0.1, 0.15) is 12.6 Å². The molecule has 0 spiro atoms. The first-order valence-electron chi connectivity index (χ1n) is 8.08. The predicted molar refractivity (Wildman–Crippen MR) is 99.0 cm³/mol. The van der Waals surface area contributed by atoms with Crippen LogP contribution >= 0.6 is 15.9 Å². The molecule has 10 heteroatoms. The van der Waals surface area contributed by atoms with E-state index < -0.39 is 16.1 Å². The molecule has 1 N–H and O–H groups in total. The van der Waals surface area contributed by atoms with Crippen LogP contribution < -0.4 is 5.32 Å². The third-order valence-electron chi connectivity index (χ3n) is 4.01. The summed E-state index contributed by atoms with van der Waals surface area (Å²) in [6, 6.07) is 5.84. The van der Waals surface area contributed by atoms with Gasteiger partial charge in [0, 0.05) is 37.8 Å². The van der Waals surface area contributed by atoms with Crippen LogP contribution in [-0.4, -0.2) is 75.4 Å². The minimum Gasteiger partial charge on any atom is -0.375 e. The van der Waals surface area contributed by atoms with E-state index in [1.807, 2.05) is 0 Å². The van der Waals surface area contributed by atoms with Crippen LogP contribution in [0.5, 0.6) is 0 Å². The highest BCUT2D eigenvalue weighted by atomic mass is 79.9. The monoisotopic (exact) mass is 447 g/mol. The van der Waals surface area contributed by atoms with E-state index in [-0.39, 0.29) is 49.5 Å². The van der Waals surface area contributed by atoms with Crippen molar-refractivity contribution >= 4 is 37.8 Å². The van der Waals surface area contributed by atoms with Crippen molar-refractivity contribution in [1.82, 2.24) is 14.5 Å². The zero-order valence-electron chi connectivity index (χ0n) is 14.6. The number of nitrogens with one attached hydrogen (secondary N) is 1. The maximum atomic E-state index is 12.7. The summed E-state index contributed by atoms with van der Waals surface area (Å²) in [6.45, 7) is 2.45. The van der Waals surface area contributed by atoms with E-state index in [0.29, 0.717) is 4.47 Å². The molecule has 1 atom stereocenters. The number of carbonyl (C=O) groups is 2. The molecular weight excluding hydrogens is 426 g/mol. The zero-order valence-corrected chi connectivity index (χ0v) is 17.0. The minimum atomic E-state index is -3.60. The first kappa shape index (κ1) is 20.8. The molecule has 0 aromatic heterocycles. The van der Waals surface area contributed by atoms with E-state index in [4.69, 9.17) is 4.74 Å². The van der Waals surface area contributed by atoms with E-state index in [0.717, 1.165) is 0 Å². The maximum absolute atomic E-state index is 12.7. The van der Waals surface area contributed by atoms with Crippen molar-refractivity contribution in [3.63, 3.8) is 0 Å². The molecule has 0 bridgehead atoms. The highest BCUT2D eigenvalue weighted by Crippen LogP contribution is 2.21. The number of hydrogen-bond donors (Lipinski definition) is 1. The number of carbonyl (C=O) groups excluding carboxylic acids is 2. The maximum Gasteiger partial charge on any atom is 0.246 e. The summed E-state index contributed by atoms with van der Waals surface area (Å²) in [5.74, 6) is -0.613. The van der Waals surface area contributed by atoms with Crippen LogP contribution in [0.25, 0.3) is 0 Å². The number of amides is 2. The van der Waals surface area contributed by atoms with E-state index in [9.17, 15) is 18.0 Å². The fourth-order valence-electron chi connectivity index (χ4n) is 2.68. The summed E-state index contributed by atoms with van der Waals surface area (Å²) in [6.07, 6.45) is 0. The molecule has 144 valence electrons. The number of hydrogen-bond acceptors (Lipinski definition) is 5. The van der Waals surface area contributed by atoms with E-state index >= 15 is 0 Å². The lowest BCUT2D eigenvalue weighted by atomic mass is 10.2. The van der Waals surface area contributed by atoms with Crippen LogP contribution in [-0.2, 0) is 24.3 Å². The van der Waals surface area contributed by atoms with Gasteiger partial charge in [0.05, 0.1) is 4.90 Å². The Morgan fingerprint density at radius 3 is 2.50 bits per heavy atom. The van der Waals surface area contributed by atoms with Gasteiger partial charge >= 0.3 is 0 Å². The minimum absolute atomic E-state index is 0.115. The first-order chi connectivity index (χ1) is 12.3. The molecule has 1 unspecified atom stereocenters. The third kappa shape index (κ3) is 5.03. The van der Waals surface area contributed by atoms with Crippen LogP contribution in [0.2, 0.25) is 0 Å². The average molecular weight is 448 g/mol. The second kappa shape index (κ2) is 8.94. The molecule has 0 saturated carbocycles. The van der Waals surface area contributed by atoms with Gasteiger partial charge in [-0.2, -0.15) is 4.31 Å². The van der Waals surface area contributed by atoms with Crippen molar-refractivity contribution in [2.45, 2.75) is 17.9 Å². The molecule has 1 aliphatic rings. The molecular formula is C16H22BrN3O5S. The number of nitrogens with zero attached hydrogens (tertiary/aromatic N) is 2. The van der Waals surface area contributed by atoms with Gasteiger partial charge < -0.3 is 15.0 Å². The Kier molecular flexibility index (Phi) is 7.16. The van der Waals surface area contributed by atoms with Gasteiger partial charge in [-0.1, -0.05) is 22.0 Å². The predicted octanol–water partition coefficient (Wildman–Crippen LogP) is 0.433. The fraction of sp³-hybridized carbons (Fsp3) is 0.500. The standard InChI is InChI=1S/C16H22BrN3O5S/c1-12(18-15(21)11-25-2)16(22)19-6-8-20(9-7-19)26(23,24)14-5-3-4-13(17)10-14/h3-5,10,12H,6-9,11H2,1-2H3,(H,18,21).